The van der Waals surface area contributed by atoms with Crippen LogP contribution in [0.2, 0.25) is 0 Å². The van der Waals surface area contributed by atoms with E-state index in [9.17, 15) is 28.1 Å². The Balaban J connectivity index is 1.74. The second-order valence-electron chi connectivity index (χ2n) is 9.34. The Morgan fingerprint density at radius 2 is 1.64 bits per heavy atom. The van der Waals surface area contributed by atoms with Gasteiger partial charge in [-0.15, -0.1) is 0 Å². The minimum Gasteiger partial charge on any atom is -0.356 e. The van der Waals surface area contributed by atoms with Gasteiger partial charge in [0, 0.05) is 26.4 Å². The molecule has 0 aromatic heterocycles. The summed E-state index contributed by atoms with van der Waals surface area (Å²) >= 11 is 0. The third kappa shape index (κ3) is 3.11. The Labute approximate surface area is 191 Å². The van der Waals surface area contributed by atoms with E-state index in [1.54, 1.807) is 0 Å². The maximum absolute atomic E-state index is 13.9. The fourth-order valence-corrected chi connectivity index (χ4v) is 7.35. The van der Waals surface area contributed by atoms with E-state index in [4.69, 9.17) is 9.47 Å². The van der Waals surface area contributed by atoms with Crippen LogP contribution < -0.4 is 0 Å². The third-order valence-corrected chi connectivity index (χ3v) is 9.68. The molecular weight excluding hydrogens is 454 g/mol. The van der Waals surface area contributed by atoms with Crippen molar-refractivity contribution in [1.29, 1.82) is 0 Å². The van der Waals surface area contributed by atoms with Gasteiger partial charge in [0.25, 0.3) is 15.7 Å². The number of hydrogen-bond acceptors (Lipinski definition) is 8. The molecule has 12 heteroatoms. The lowest BCUT2D eigenvalue weighted by Crippen LogP contribution is -2.52. The largest absolute Gasteiger partial charge is 0.356 e. The summed E-state index contributed by atoms with van der Waals surface area (Å²) in [7, 11) is -2.01. The molecule has 0 spiro atoms. The molecule has 3 aliphatic rings. The molecule has 180 valence electrons. The molecule has 33 heavy (non-hydrogen) atoms. The van der Waals surface area contributed by atoms with Gasteiger partial charge in [-0.2, -0.15) is 4.31 Å². The lowest BCUT2D eigenvalue weighted by Gasteiger charge is -2.39. The minimum atomic E-state index is -4.51. The van der Waals surface area contributed by atoms with E-state index in [1.807, 2.05) is 13.8 Å². The maximum atomic E-state index is 13.9. The van der Waals surface area contributed by atoms with Crippen LogP contribution in [0.15, 0.2) is 29.2 Å². The minimum absolute atomic E-state index is 0.296. The molecule has 2 atom stereocenters. The average Bonchev–Trinajstić information content (AvgIpc) is 3.33. The van der Waals surface area contributed by atoms with Crippen molar-refractivity contribution >= 4 is 27.6 Å². The van der Waals surface area contributed by atoms with E-state index in [-0.39, 0.29) is 16.0 Å². The third-order valence-electron chi connectivity index (χ3n) is 7.93. The van der Waals surface area contributed by atoms with E-state index in [0.717, 1.165) is 42.0 Å². The maximum Gasteiger partial charge on any atom is 0.345 e. The van der Waals surface area contributed by atoms with Crippen LogP contribution >= 0.6 is 0 Å². The van der Waals surface area contributed by atoms with Crippen LogP contribution in [-0.2, 0) is 24.3 Å². The number of urea groups is 1. The molecule has 1 aromatic carbocycles. The van der Waals surface area contributed by atoms with Gasteiger partial charge in [-0.25, -0.2) is 18.1 Å². The van der Waals surface area contributed by atoms with Crippen LogP contribution in [-0.4, -0.2) is 61.2 Å². The zero-order valence-corrected chi connectivity index (χ0v) is 19.7. The van der Waals surface area contributed by atoms with Gasteiger partial charge in [0.1, 0.15) is 0 Å². The van der Waals surface area contributed by atoms with Crippen molar-refractivity contribution in [2.45, 2.75) is 56.9 Å². The summed E-state index contributed by atoms with van der Waals surface area (Å²) in [5.41, 5.74) is -1.42. The molecule has 4 rings (SSSR count). The SMILES string of the molecule is CO[C@@H]1[C@@H](OC)N(S(=O)(=O)c2ccc([N+](=O)[O-])cc2)C(=O)N1C(=O)C12CCC(CC1)C2(C)C. The van der Waals surface area contributed by atoms with Gasteiger partial charge in [0.05, 0.1) is 15.2 Å². The number of hydrogen-bond donors (Lipinski definition) is 0. The summed E-state index contributed by atoms with van der Waals surface area (Å²) in [6.07, 6.45) is 0.304. The standard InChI is InChI=1S/C21H27N3O8S/c1-20(2)13-9-11-21(20,12-10-13)18(25)22-16(31-3)17(32-4)23(19(22)26)33(29,30)15-7-5-14(6-8-15)24(27)28/h5-8,13,16-17H,9-12H2,1-4H3/t13?,16-,17-,21?/m1/s1. The molecule has 0 radical (unpaired) electrons. The predicted octanol–water partition coefficient (Wildman–Crippen LogP) is 2.71. The number of fused-ring (bicyclic) bond motifs is 2. The zero-order chi connectivity index (χ0) is 24.3. The Morgan fingerprint density at radius 3 is 2.06 bits per heavy atom. The highest BCUT2D eigenvalue weighted by Gasteiger charge is 2.67. The number of benzene rings is 1. The Bertz CT molecular complexity index is 1090. The van der Waals surface area contributed by atoms with Gasteiger partial charge in [-0.05, 0) is 49.1 Å². The van der Waals surface area contributed by atoms with Crippen molar-refractivity contribution in [2.75, 3.05) is 14.2 Å². The summed E-state index contributed by atoms with van der Waals surface area (Å²) in [5, 5.41) is 10.9. The monoisotopic (exact) mass is 481 g/mol. The summed E-state index contributed by atoms with van der Waals surface area (Å²) in [6, 6.07) is 3.09. The zero-order valence-electron chi connectivity index (χ0n) is 18.9. The van der Waals surface area contributed by atoms with Crippen molar-refractivity contribution in [3.8, 4) is 0 Å². The van der Waals surface area contributed by atoms with Crippen LogP contribution in [0.5, 0.6) is 0 Å². The normalized spacial score (nSPS) is 30.8. The highest BCUT2D eigenvalue weighted by Crippen LogP contribution is 2.66. The Kier molecular flexibility index (Phi) is 5.53. The number of sulfonamides is 1. The van der Waals surface area contributed by atoms with Gasteiger partial charge in [0.15, 0.2) is 12.5 Å². The van der Waals surface area contributed by atoms with Gasteiger partial charge in [-0.1, -0.05) is 13.8 Å². The van der Waals surface area contributed by atoms with Crippen molar-refractivity contribution in [3.63, 3.8) is 0 Å². The number of ether oxygens (including phenoxy) is 2. The number of amides is 3. The highest BCUT2D eigenvalue weighted by atomic mass is 32.2. The molecule has 2 aliphatic carbocycles. The average molecular weight is 482 g/mol. The molecule has 3 amide bonds. The number of non-ortho nitro benzene ring substituents is 1. The van der Waals surface area contributed by atoms with E-state index < -0.39 is 44.8 Å². The number of nitro groups is 1. The van der Waals surface area contributed by atoms with Gasteiger partial charge in [0.2, 0.25) is 5.91 Å². The first-order valence-electron chi connectivity index (χ1n) is 10.7. The molecule has 3 fully saturated rings. The van der Waals surface area contributed by atoms with Crippen LogP contribution in [0.25, 0.3) is 0 Å². The van der Waals surface area contributed by atoms with Crippen LogP contribution in [0.1, 0.15) is 39.5 Å². The summed E-state index contributed by atoms with van der Waals surface area (Å²) in [6.45, 7) is 4.05. The molecule has 2 saturated carbocycles. The van der Waals surface area contributed by atoms with Crippen molar-refractivity contribution in [2.24, 2.45) is 16.7 Å². The molecule has 0 unspecified atom stereocenters. The fraction of sp³-hybridized carbons (Fsp3) is 0.619. The number of rotatable bonds is 6. The molecule has 1 heterocycles. The van der Waals surface area contributed by atoms with E-state index in [2.05, 4.69) is 0 Å². The fourth-order valence-electron chi connectivity index (χ4n) is 5.88. The number of carbonyl (C=O) groups excluding carboxylic acids is 2. The first-order valence-corrected chi connectivity index (χ1v) is 12.1. The highest BCUT2D eigenvalue weighted by molar-refractivity contribution is 7.89. The second-order valence-corrected chi connectivity index (χ2v) is 11.2. The van der Waals surface area contributed by atoms with Crippen molar-refractivity contribution < 1.29 is 32.4 Å². The van der Waals surface area contributed by atoms with E-state index in [1.165, 1.54) is 14.2 Å². The van der Waals surface area contributed by atoms with Crippen LogP contribution in [0.3, 0.4) is 0 Å². The second kappa shape index (κ2) is 7.74. The van der Waals surface area contributed by atoms with Crippen molar-refractivity contribution in [3.05, 3.63) is 34.4 Å². The number of imide groups is 1. The summed E-state index contributed by atoms with van der Waals surface area (Å²) < 4.78 is 38.0. The van der Waals surface area contributed by atoms with Crippen LogP contribution in [0.4, 0.5) is 10.5 Å². The quantitative estimate of drug-likeness (QED) is 0.447. The Morgan fingerprint density at radius 1 is 1.09 bits per heavy atom. The number of nitro benzene ring substituents is 1. The molecule has 11 nitrogen and oxygen atoms in total. The molecule has 1 aliphatic heterocycles. The molecule has 0 N–H and O–H groups in total. The first kappa shape index (κ1) is 23.6. The lowest BCUT2D eigenvalue weighted by atomic mass is 9.68. The topological polar surface area (TPSA) is 136 Å². The predicted molar refractivity (Wildman–Crippen MR) is 114 cm³/mol. The number of methoxy groups -OCH3 is 2. The molecule has 1 aromatic rings. The van der Waals surface area contributed by atoms with E-state index >= 15 is 0 Å². The molecule has 2 bridgehead atoms. The Hall–Kier alpha value is -2.57. The van der Waals surface area contributed by atoms with Gasteiger partial charge < -0.3 is 9.47 Å². The van der Waals surface area contributed by atoms with Gasteiger partial charge >= 0.3 is 6.03 Å². The molecular formula is C21H27N3O8S. The van der Waals surface area contributed by atoms with E-state index in [0.29, 0.717) is 23.1 Å². The summed E-state index contributed by atoms with van der Waals surface area (Å²) in [5.74, 6) is -0.0916. The van der Waals surface area contributed by atoms with Gasteiger partial charge in [-0.3, -0.25) is 14.9 Å². The van der Waals surface area contributed by atoms with Crippen molar-refractivity contribution in [1.82, 2.24) is 9.21 Å². The summed E-state index contributed by atoms with van der Waals surface area (Å²) in [4.78, 5) is 38.2. The molecule has 1 saturated heterocycles. The lowest BCUT2D eigenvalue weighted by molar-refractivity contribution is -0.384. The number of nitrogens with zero attached hydrogens (tertiary/aromatic N) is 3. The number of carbonyl (C=O) groups is 2. The smallest absolute Gasteiger partial charge is 0.345 e. The van der Waals surface area contributed by atoms with Crippen LogP contribution in [0, 0.1) is 26.9 Å². The first-order chi connectivity index (χ1) is 15.4.